The third kappa shape index (κ3) is 4.99. The Morgan fingerprint density at radius 2 is 1.84 bits per heavy atom. The predicted molar refractivity (Wildman–Crippen MR) is 75.3 cm³/mol. The molecular formula is C15H23FN2O. The third-order valence-corrected chi connectivity index (χ3v) is 3.10. The van der Waals surface area contributed by atoms with Crippen molar-refractivity contribution in [2.75, 3.05) is 13.6 Å². The number of carbonyl (C=O) groups excluding carboxylic acids is 1. The molecule has 0 heterocycles. The molecule has 0 bridgehead atoms. The maximum absolute atomic E-state index is 12.9. The van der Waals surface area contributed by atoms with Crippen molar-refractivity contribution in [1.29, 1.82) is 0 Å². The summed E-state index contributed by atoms with van der Waals surface area (Å²) in [5, 5.41) is 3.17. The van der Waals surface area contributed by atoms with Gasteiger partial charge >= 0.3 is 0 Å². The van der Waals surface area contributed by atoms with Gasteiger partial charge in [0.15, 0.2) is 0 Å². The summed E-state index contributed by atoms with van der Waals surface area (Å²) in [4.78, 5) is 13.7. The number of rotatable bonds is 4. The highest BCUT2D eigenvalue weighted by molar-refractivity contribution is 5.78. The van der Waals surface area contributed by atoms with Gasteiger partial charge in [0.05, 0.1) is 12.6 Å². The molecule has 0 aromatic heterocycles. The molecule has 0 saturated heterocycles. The molecule has 1 amide bonds. The Hall–Kier alpha value is -1.42. The quantitative estimate of drug-likeness (QED) is 0.909. The second kappa shape index (κ2) is 6.15. The van der Waals surface area contributed by atoms with Gasteiger partial charge in [0, 0.05) is 12.6 Å². The molecule has 1 N–H and O–H groups in total. The van der Waals surface area contributed by atoms with Crippen molar-refractivity contribution in [3.05, 3.63) is 35.6 Å². The van der Waals surface area contributed by atoms with Crippen molar-refractivity contribution in [3.63, 3.8) is 0 Å². The van der Waals surface area contributed by atoms with Crippen LogP contribution in [0.15, 0.2) is 24.3 Å². The lowest BCUT2D eigenvalue weighted by Gasteiger charge is -2.28. The zero-order chi connectivity index (χ0) is 14.6. The second-order valence-corrected chi connectivity index (χ2v) is 5.84. The summed E-state index contributed by atoms with van der Waals surface area (Å²) in [6.07, 6.45) is 0. The van der Waals surface area contributed by atoms with Crippen molar-refractivity contribution in [2.24, 2.45) is 0 Å². The summed E-state index contributed by atoms with van der Waals surface area (Å²) >= 11 is 0. The summed E-state index contributed by atoms with van der Waals surface area (Å²) in [5.74, 6) is -0.244. The highest BCUT2D eigenvalue weighted by Gasteiger charge is 2.19. The van der Waals surface area contributed by atoms with E-state index in [1.54, 1.807) is 24.1 Å². The van der Waals surface area contributed by atoms with Crippen molar-refractivity contribution in [2.45, 2.75) is 39.3 Å². The molecule has 4 heteroatoms. The molecule has 19 heavy (non-hydrogen) atoms. The van der Waals surface area contributed by atoms with Crippen molar-refractivity contribution in [1.82, 2.24) is 10.2 Å². The van der Waals surface area contributed by atoms with Crippen LogP contribution in [0, 0.1) is 5.82 Å². The Morgan fingerprint density at radius 3 is 2.32 bits per heavy atom. The van der Waals surface area contributed by atoms with E-state index in [1.807, 2.05) is 27.7 Å². The highest BCUT2D eigenvalue weighted by atomic mass is 19.1. The van der Waals surface area contributed by atoms with Gasteiger partial charge < -0.3 is 10.2 Å². The number of likely N-dealkylation sites (N-methyl/N-ethyl adjacent to an activating group) is 1. The third-order valence-electron chi connectivity index (χ3n) is 3.10. The molecule has 1 aromatic carbocycles. The number of hydrogen-bond donors (Lipinski definition) is 1. The molecule has 0 aliphatic rings. The molecule has 1 rings (SSSR count). The summed E-state index contributed by atoms with van der Waals surface area (Å²) in [7, 11) is 1.76. The van der Waals surface area contributed by atoms with Crippen LogP contribution in [0.1, 0.15) is 39.3 Å². The van der Waals surface area contributed by atoms with Crippen molar-refractivity contribution >= 4 is 5.91 Å². The van der Waals surface area contributed by atoms with E-state index in [4.69, 9.17) is 0 Å². The first kappa shape index (κ1) is 15.6. The predicted octanol–water partition coefficient (Wildman–Crippen LogP) is 2.73. The number of nitrogens with zero attached hydrogens (tertiary/aromatic N) is 1. The minimum atomic E-state index is -0.265. The van der Waals surface area contributed by atoms with Gasteiger partial charge in [-0.25, -0.2) is 4.39 Å². The lowest BCUT2D eigenvalue weighted by atomic mass is 10.1. The molecule has 106 valence electrons. The Labute approximate surface area is 114 Å². The van der Waals surface area contributed by atoms with Gasteiger partial charge in [-0.2, -0.15) is 0 Å². The first-order valence-corrected chi connectivity index (χ1v) is 6.47. The van der Waals surface area contributed by atoms with E-state index in [-0.39, 0.29) is 23.3 Å². The molecule has 1 unspecified atom stereocenters. The van der Waals surface area contributed by atoms with Crippen LogP contribution >= 0.6 is 0 Å². The molecule has 0 fully saturated rings. The van der Waals surface area contributed by atoms with E-state index in [0.29, 0.717) is 6.54 Å². The molecule has 1 aromatic rings. The molecule has 0 aliphatic carbocycles. The smallest absolute Gasteiger partial charge is 0.236 e. The van der Waals surface area contributed by atoms with Gasteiger partial charge in [-0.1, -0.05) is 12.1 Å². The minimum Gasteiger partial charge on any atom is -0.338 e. The van der Waals surface area contributed by atoms with Crippen LogP contribution in [0.5, 0.6) is 0 Å². The fraction of sp³-hybridized carbons (Fsp3) is 0.533. The normalized spacial score (nSPS) is 13.2. The average molecular weight is 266 g/mol. The SMILES string of the molecule is CC(c1ccc(F)cc1)N(C)C(=O)CNC(C)(C)C. The Kier molecular flexibility index (Phi) is 5.06. The number of halogens is 1. The zero-order valence-corrected chi connectivity index (χ0v) is 12.3. The monoisotopic (exact) mass is 266 g/mol. The van der Waals surface area contributed by atoms with E-state index >= 15 is 0 Å². The largest absolute Gasteiger partial charge is 0.338 e. The lowest BCUT2D eigenvalue weighted by molar-refractivity contribution is -0.131. The summed E-state index contributed by atoms with van der Waals surface area (Å²) in [6.45, 7) is 8.28. The van der Waals surface area contributed by atoms with Crippen LogP contribution in [-0.4, -0.2) is 29.9 Å². The van der Waals surface area contributed by atoms with Crippen LogP contribution < -0.4 is 5.32 Å². The van der Waals surface area contributed by atoms with Gasteiger partial charge in [-0.3, -0.25) is 4.79 Å². The lowest BCUT2D eigenvalue weighted by Crippen LogP contribution is -2.44. The number of benzene rings is 1. The average Bonchev–Trinajstić information content (AvgIpc) is 2.34. The number of hydrogen-bond acceptors (Lipinski definition) is 2. The van der Waals surface area contributed by atoms with Crippen LogP contribution in [0.25, 0.3) is 0 Å². The molecule has 3 nitrogen and oxygen atoms in total. The Bertz CT molecular complexity index is 423. The van der Waals surface area contributed by atoms with E-state index in [0.717, 1.165) is 5.56 Å². The van der Waals surface area contributed by atoms with Crippen molar-refractivity contribution < 1.29 is 9.18 Å². The Balaban J connectivity index is 2.63. The van der Waals surface area contributed by atoms with E-state index in [1.165, 1.54) is 12.1 Å². The first-order chi connectivity index (χ1) is 8.70. The first-order valence-electron chi connectivity index (χ1n) is 6.47. The second-order valence-electron chi connectivity index (χ2n) is 5.84. The highest BCUT2D eigenvalue weighted by Crippen LogP contribution is 2.18. The van der Waals surface area contributed by atoms with Gasteiger partial charge in [-0.05, 0) is 45.4 Å². The summed E-state index contributed by atoms with van der Waals surface area (Å²) < 4.78 is 12.9. The topological polar surface area (TPSA) is 32.3 Å². The summed E-state index contributed by atoms with van der Waals surface area (Å²) in [5.41, 5.74) is 0.836. The molecule has 1 atom stereocenters. The maximum Gasteiger partial charge on any atom is 0.236 e. The number of nitrogens with one attached hydrogen (secondary N) is 1. The van der Waals surface area contributed by atoms with Crippen LogP contribution in [0.4, 0.5) is 4.39 Å². The fourth-order valence-electron chi connectivity index (χ4n) is 1.65. The standard InChI is InChI=1S/C15H23FN2O/c1-11(12-6-8-13(16)9-7-12)18(5)14(19)10-17-15(2,3)4/h6-9,11,17H,10H2,1-5H3. The summed E-state index contributed by atoms with van der Waals surface area (Å²) in [6, 6.07) is 6.17. The van der Waals surface area contributed by atoms with Crippen molar-refractivity contribution in [3.8, 4) is 0 Å². The molecular weight excluding hydrogens is 243 g/mol. The Morgan fingerprint density at radius 1 is 1.32 bits per heavy atom. The van der Waals surface area contributed by atoms with Crippen LogP contribution in [0.3, 0.4) is 0 Å². The van der Waals surface area contributed by atoms with Gasteiger partial charge in [0.2, 0.25) is 5.91 Å². The van der Waals surface area contributed by atoms with E-state index in [9.17, 15) is 9.18 Å². The van der Waals surface area contributed by atoms with E-state index < -0.39 is 0 Å². The zero-order valence-electron chi connectivity index (χ0n) is 12.3. The molecule has 0 aliphatic heterocycles. The molecule has 0 radical (unpaired) electrons. The molecule has 0 saturated carbocycles. The maximum atomic E-state index is 12.9. The van der Waals surface area contributed by atoms with Gasteiger partial charge in [-0.15, -0.1) is 0 Å². The minimum absolute atomic E-state index is 0.0201. The number of amides is 1. The fourth-order valence-corrected chi connectivity index (χ4v) is 1.65. The molecule has 0 spiro atoms. The van der Waals surface area contributed by atoms with E-state index in [2.05, 4.69) is 5.32 Å². The van der Waals surface area contributed by atoms with Crippen LogP contribution in [-0.2, 0) is 4.79 Å². The van der Waals surface area contributed by atoms with Gasteiger partial charge in [0.25, 0.3) is 0 Å². The van der Waals surface area contributed by atoms with Crippen LogP contribution in [0.2, 0.25) is 0 Å². The van der Waals surface area contributed by atoms with Gasteiger partial charge in [0.1, 0.15) is 5.82 Å². The number of carbonyl (C=O) groups is 1.